The number of nitrogens with zero attached hydrogens (tertiary/aromatic N) is 2. The Labute approximate surface area is 210 Å². The highest BCUT2D eigenvalue weighted by atomic mass is 32.1. The van der Waals surface area contributed by atoms with Gasteiger partial charge in [-0.3, -0.25) is 9.36 Å². The SMILES string of the molecule is CCOC(=O)C1=C(C)N=c2sc(=Cc3cc(OC)c(OC)c(OC)c3)c(=O)n2C1c1ccccc1F. The summed E-state index contributed by atoms with van der Waals surface area (Å²) in [6, 6.07) is 8.44. The van der Waals surface area contributed by atoms with Gasteiger partial charge in [0, 0.05) is 5.56 Å². The molecule has 10 heteroatoms. The third kappa shape index (κ3) is 4.39. The quantitative estimate of drug-likeness (QED) is 0.453. The van der Waals surface area contributed by atoms with E-state index in [9.17, 15) is 14.0 Å². The Morgan fingerprint density at radius 1 is 1.14 bits per heavy atom. The molecule has 0 spiro atoms. The average Bonchev–Trinajstić information content (AvgIpc) is 3.17. The van der Waals surface area contributed by atoms with E-state index in [2.05, 4.69) is 4.99 Å². The maximum absolute atomic E-state index is 15.0. The summed E-state index contributed by atoms with van der Waals surface area (Å²) in [6.45, 7) is 3.46. The van der Waals surface area contributed by atoms with Crippen molar-refractivity contribution >= 4 is 23.4 Å². The molecule has 188 valence electrons. The topological polar surface area (TPSA) is 88.4 Å². The minimum absolute atomic E-state index is 0.119. The number of hydrogen-bond donors (Lipinski definition) is 0. The molecule has 2 aromatic carbocycles. The molecule has 4 rings (SSSR count). The first-order chi connectivity index (χ1) is 17.3. The predicted molar refractivity (Wildman–Crippen MR) is 133 cm³/mol. The monoisotopic (exact) mass is 512 g/mol. The van der Waals surface area contributed by atoms with Crippen LogP contribution < -0.4 is 29.1 Å². The fourth-order valence-electron chi connectivity index (χ4n) is 4.12. The van der Waals surface area contributed by atoms with Crippen LogP contribution in [0.3, 0.4) is 0 Å². The third-order valence-electron chi connectivity index (χ3n) is 5.70. The summed E-state index contributed by atoms with van der Waals surface area (Å²) in [4.78, 5) is 31.4. The zero-order valence-corrected chi connectivity index (χ0v) is 21.3. The van der Waals surface area contributed by atoms with Crippen molar-refractivity contribution in [2.45, 2.75) is 19.9 Å². The Morgan fingerprint density at radius 3 is 2.39 bits per heavy atom. The number of hydrogen-bond acceptors (Lipinski definition) is 8. The van der Waals surface area contributed by atoms with Crippen molar-refractivity contribution in [3.05, 3.63) is 84.3 Å². The van der Waals surface area contributed by atoms with Crippen LogP contribution in [0.25, 0.3) is 6.08 Å². The number of allylic oxidation sites excluding steroid dienone is 1. The van der Waals surface area contributed by atoms with Gasteiger partial charge in [0.2, 0.25) is 5.75 Å². The Morgan fingerprint density at radius 2 is 1.81 bits per heavy atom. The van der Waals surface area contributed by atoms with Crippen LogP contribution in [0.5, 0.6) is 17.2 Å². The van der Waals surface area contributed by atoms with Gasteiger partial charge in [0.1, 0.15) is 11.9 Å². The van der Waals surface area contributed by atoms with Gasteiger partial charge >= 0.3 is 5.97 Å². The zero-order chi connectivity index (χ0) is 26.0. The van der Waals surface area contributed by atoms with E-state index in [0.29, 0.717) is 37.8 Å². The maximum Gasteiger partial charge on any atom is 0.338 e. The summed E-state index contributed by atoms with van der Waals surface area (Å²) in [5, 5.41) is 0. The van der Waals surface area contributed by atoms with E-state index in [-0.39, 0.29) is 17.7 Å². The number of esters is 1. The number of carbonyl (C=O) groups is 1. The van der Waals surface area contributed by atoms with E-state index in [1.54, 1.807) is 50.3 Å². The molecule has 1 unspecified atom stereocenters. The lowest BCUT2D eigenvalue weighted by Crippen LogP contribution is -2.40. The van der Waals surface area contributed by atoms with Gasteiger partial charge in [-0.25, -0.2) is 14.2 Å². The van der Waals surface area contributed by atoms with E-state index >= 15 is 0 Å². The van der Waals surface area contributed by atoms with Crippen LogP contribution >= 0.6 is 11.3 Å². The molecule has 0 N–H and O–H groups in total. The summed E-state index contributed by atoms with van der Waals surface area (Å²) in [6.07, 6.45) is 1.66. The highest BCUT2D eigenvalue weighted by Crippen LogP contribution is 2.38. The summed E-state index contributed by atoms with van der Waals surface area (Å²) in [5.41, 5.74) is 0.861. The minimum Gasteiger partial charge on any atom is -0.493 e. The van der Waals surface area contributed by atoms with Crippen LogP contribution in [0.15, 0.2) is 57.5 Å². The zero-order valence-electron chi connectivity index (χ0n) is 20.5. The van der Waals surface area contributed by atoms with Crippen molar-refractivity contribution in [3.8, 4) is 17.2 Å². The van der Waals surface area contributed by atoms with Gasteiger partial charge in [-0.1, -0.05) is 29.5 Å². The molecule has 0 aliphatic carbocycles. The number of aromatic nitrogens is 1. The van der Waals surface area contributed by atoms with Crippen LogP contribution in [0.1, 0.15) is 31.0 Å². The van der Waals surface area contributed by atoms with E-state index in [1.165, 1.54) is 32.0 Å². The molecule has 1 atom stereocenters. The average molecular weight is 513 g/mol. The predicted octanol–water partition coefficient (Wildman–Crippen LogP) is 2.96. The van der Waals surface area contributed by atoms with Crippen molar-refractivity contribution in [3.63, 3.8) is 0 Å². The highest BCUT2D eigenvalue weighted by molar-refractivity contribution is 7.07. The van der Waals surface area contributed by atoms with Gasteiger partial charge in [-0.2, -0.15) is 0 Å². The lowest BCUT2D eigenvalue weighted by molar-refractivity contribution is -0.139. The van der Waals surface area contributed by atoms with Crippen LogP contribution in [-0.2, 0) is 9.53 Å². The lowest BCUT2D eigenvalue weighted by atomic mass is 9.95. The summed E-state index contributed by atoms with van der Waals surface area (Å²) in [7, 11) is 4.51. The third-order valence-corrected chi connectivity index (χ3v) is 6.68. The van der Waals surface area contributed by atoms with Crippen LogP contribution in [0.4, 0.5) is 4.39 Å². The highest BCUT2D eigenvalue weighted by Gasteiger charge is 2.34. The second-order valence-electron chi connectivity index (χ2n) is 7.78. The normalized spacial score (nSPS) is 15.3. The number of methoxy groups -OCH3 is 3. The van der Waals surface area contributed by atoms with Gasteiger partial charge in [-0.05, 0) is 43.7 Å². The number of ether oxygens (including phenoxy) is 4. The fourth-order valence-corrected chi connectivity index (χ4v) is 5.17. The summed E-state index contributed by atoms with van der Waals surface area (Å²) < 4.78 is 38.1. The fraction of sp³-hybridized carbons (Fsp3) is 0.269. The van der Waals surface area contributed by atoms with Crippen molar-refractivity contribution < 1.29 is 28.1 Å². The number of thiazole rings is 1. The number of carbonyl (C=O) groups excluding carboxylic acids is 1. The largest absolute Gasteiger partial charge is 0.493 e. The van der Waals surface area contributed by atoms with E-state index in [0.717, 1.165) is 11.3 Å². The first-order valence-electron chi connectivity index (χ1n) is 11.1. The summed E-state index contributed by atoms with van der Waals surface area (Å²) in [5.74, 6) is 0.0954. The van der Waals surface area contributed by atoms with Crippen LogP contribution in [0.2, 0.25) is 0 Å². The molecule has 0 fully saturated rings. The smallest absolute Gasteiger partial charge is 0.338 e. The van der Waals surface area contributed by atoms with E-state index in [4.69, 9.17) is 18.9 Å². The van der Waals surface area contributed by atoms with Gasteiger partial charge in [0.05, 0.1) is 43.7 Å². The Hall–Kier alpha value is -3.92. The van der Waals surface area contributed by atoms with Crippen molar-refractivity contribution in [1.29, 1.82) is 0 Å². The first kappa shape index (κ1) is 25.2. The van der Waals surface area contributed by atoms with E-state index < -0.39 is 23.4 Å². The van der Waals surface area contributed by atoms with Crippen molar-refractivity contribution in [1.82, 2.24) is 4.57 Å². The van der Waals surface area contributed by atoms with E-state index in [1.807, 2.05) is 0 Å². The molecule has 8 nitrogen and oxygen atoms in total. The van der Waals surface area contributed by atoms with Crippen LogP contribution in [0, 0.1) is 5.82 Å². The molecule has 0 radical (unpaired) electrons. The Kier molecular flexibility index (Phi) is 7.25. The first-order valence-corrected chi connectivity index (χ1v) is 11.9. The van der Waals surface area contributed by atoms with Gasteiger partial charge in [0.25, 0.3) is 5.56 Å². The van der Waals surface area contributed by atoms with Crippen molar-refractivity contribution in [2.75, 3.05) is 27.9 Å². The second kappa shape index (κ2) is 10.4. The molecule has 0 amide bonds. The maximum atomic E-state index is 15.0. The second-order valence-corrected chi connectivity index (χ2v) is 8.79. The Bertz CT molecular complexity index is 1510. The molecular weight excluding hydrogens is 487 g/mol. The standard InChI is InChI=1S/C26H25FN2O6S/c1-6-35-25(31)21-14(2)28-26-29(22(21)16-9-7-8-10-17(16)27)24(30)20(36-26)13-15-11-18(32-3)23(34-5)19(12-15)33-4/h7-13,22H,6H2,1-5H3. The molecule has 3 aromatic rings. The molecule has 1 aliphatic heterocycles. The van der Waals surface area contributed by atoms with Gasteiger partial charge in [0.15, 0.2) is 16.3 Å². The molecular formula is C26H25FN2O6S. The van der Waals surface area contributed by atoms with Crippen LogP contribution in [-0.4, -0.2) is 38.5 Å². The molecule has 1 aliphatic rings. The molecule has 0 saturated heterocycles. The number of rotatable bonds is 7. The Balaban J connectivity index is 1.97. The number of halogens is 1. The molecule has 2 heterocycles. The van der Waals surface area contributed by atoms with Gasteiger partial charge < -0.3 is 18.9 Å². The lowest BCUT2D eigenvalue weighted by Gasteiger charge is -2.24. The molecule has 36 heavy (non-hydrogen) atoms. The molecule has 0 bridgehead atoms. The number of fused-ring (bicyclic) bond motifs is 1. The number of benzene rings is 2. The molecule has 1 aromatic heterocycles. The van der Waals surface area contributed by atoms with Gasteiger partial charge in [-0.15, -0.1) is 0 Å². The summed E-state index contributed by atoms with van der Waals surface area (Å²) >= 11 is 1.14. The molecule has 0 saturated carbocycles. The minimum atomic E-state index is -1.02. The van der Waals surface area contributed by atoms with Crippen molar-refractivity contribution in [2.24, 2.45) is 4.99 Å².